The summed E-state index contributed by atoms with van der Waals surface area (Å²) >= 11 is 1.74. The van der Waals surface area contributed by atoms with Gasteiger partial charge in [-0.1, -0.05) is 18.2 Å². The first kappa shape index (κ1) is 15.5. The fraction of sp³-hybridized carbons (Fsp3) is 0.267. The molecule has 3 N–H and O–H groups in total. The normalized spacial score (nSPS) is 10.6. The highest BCUT2D eigenvalue weighted by molar-refractivity contribution is 7.09. The molecule has 2 aromatic rings. The number of nitrogens with two attached hydrogens (primary N) is 1. The van der Waals surface area contributed by atoms with Crippen LogP contribution in [0.2, 0.25) is 0 Å². The Balaban J connectivity index is 1.84. The highest BCUT2D eigenvalue weighted by atomic mass is 32.1. The number of rotatable bonds is 7. The molecular formula is C15H19N3O2S. The average Bonchev–Trinajstić information content (AvgIpc) is 3.00. The highest BCUT2D eigenvalue weighted by Gasteiger charge is 2.10. The summed E-state index contributed by atoms with van der Waals surface area (Å²) in [6.07, 6.45) is 0. The molecule has 0 radical (unpaired) electrons. The minimum Gasteiger partial charge on any atom is -0.491 e. The summed E-state index contributed by atoms with van der Waals surface area (Å²) in [5.74, 6) is 5.36. The van der Waals surface area contributed by atoms with Crippen molar-refractivity contribution in [3.8, 4) is 5.75 Å². The maximum absolute atomic E-state index is 11.6. The van der Waals surface area contributed by atoms with Crippen LogP contribution in [0.15, 0.2) is 41.8 Å². The van der Waals surface area contributed by atoms with Gasteiger partial charge in [0.1, 0.15) is 12.4 Å². The molecule has 0 spiro atoms. The molecule has 6 heteroatoms. The van der Waals surface area contributed by atoms with Crippen LogP contribution >= 0.6 is 11.3 Å². The first-order valence-corrected chi connectivity index (χ1v) is 7.52. The van der Waals surface area contributed by atoms with Gasteiger partial charge in [0.2, 0.25) is 0 Å². The predicted octanol–water partition coefficient (Wildman–Crippen LogP) is 1.86. The van der Waals surface area contributed by atoms with E-state index in [1.54, 1.807) is 29.5 Å². The predicted molar refractivity (Wildman–Crippen MR) is 84.2 cm³/mol. The Morgan fingerprint density at radius 2 is 2.14 bits per heavy atom. The van der Waals surface area contributed by atoms with Crippen LogP contribution in [0.3, 0.4) is 0 Å². The Labute approximate surface area is 128 Å². The van der Waals surface area contributed by atoms with E-state index >= 15 is 0 Å². The molecule has 112 valence electrons. The second-order valence-electron chi connectivity index (χ2n) is 4.64. The number of likely N-dealkylation sites (N-methyl/N-ethyl adjacent to an activating group) is 1. The van der Waals surface area contributed by atoms with Crippen molar-refractivity contribution in [2.75, 3.05) is 20.2 Å². The van der Waals surface area contributed by atoms with Crippen LogP contribution in [-0.2, 0) is 6.54 Å². The summed E-state index contributed by atoms with van der Waals surface area (Å²) in [4.78, 5) is 15.1. The molecule has 0 bridgehead atoms. The zero-order valence-corrected chi connectivity index (χ0v) is 12.7. The fourth-order valence-corrected chi connectivity index (χ4v) is 2.70. The van der Waals surface area contributed by atoms with Gasteiger partial charge in [0.05, 0.1) is 5.56 Å². The number of para-hydroxylation sites is 1. The number of hydrogen-bond acceptors (Lipinski definition) is 5. The molecule has 0 aliphatic rings. The van der Waals surface area contributed by atoms with Gasteiger partial charge in [-0.05, 0) is 30.6 Å². The molecule has 1 heterocycles. The van der Waals surface area contributed by atoms with Crippen LogP contribution in [0.5, 0.6) is 5.75 Å². The van der Waals surface area contributed by atoms with Gasteiger partial charge in [-0.3, -0.25) is 15.1 Å². The molecule has 21 heavy (non-hydrogen) atoms. The van der Waals surface area contributed by atoms with E-state index in [1.807, 2.05) is 19.2 Å². The number of carbonyl (C=O) groups excluding carboxylic acids is 1. The van der Waals surface area contributed by atoms with E-state index < -0.39 is 0 Å². The molecule has 2 rings (SSSR count). The van der Waals surface area contributed by atoms with Gasteiger partial charge in [-0.2, -0.15) is 0 Å². The molecule has 1 aromatic heterocycles. The van der Waals surface area contributed by atoms with E-state index in [9.17, 15) is 4.79 Å². The van der Waals surface area contributed by atoms with Crippen LogP contribution < -0.4 is 16.0 Å². The van der Waals surface area contributed by atoms with Gasteiger partial charge in [0.25, 0.3) is 5.91 Å². The van der Waals surface area contributed by atoms with Crippen molar-refractivity contribution in [2.45, 2.75) is 6.54 Å². The lowest BCUT2D eigenvalue weighted by molar-refractivity contribution is 0.0949. The molecule has 0 aliphatic heterocycles. The Morgan fingerprint density at radius 1 is 1.33 bits per heavy atom. The minimum absolute atomic E-state index is 0.349. The molecule has 0 atom stereocenters. The van der Waals surface area contributed by atoms with Crippen molar-refractivity contribution in [3.63, 3.8) is 0 Å². The minimum atomic E-state index is -0.349. The second kappa shape index (κ2) is 7.78. The summed E-state index contributed by atoms with van der Waals surface area (Å²) in [6, 6.07) is 11.2. The maximum Gasteiger partial charge on any atom is 0.268 e. The van der Waals surface area contributed by atoms with Crippen LogP contribution in [0.1, 0.15) is 15.2 Å². The third kappa shape index (κ3) is 4.56. The highest BCUT2D eigenvalue weighted by Crippen LogP contribution is 2.17. The molecule has 5 nitrogen and oxygen atoms in total. The van der Waals surface area contributed by atoms with Crippen molar-refractivity contribution in [1.29, 1.82) is 0 Å². The van der Waals surface area contributed by atoms with E-state index in [2.05, 4.69) is 21.8 Å². The average molecular weight is 305 g/mol. The number of benzene rings is 1. The Hall–Kier alpha value is -1.89. The lowest BCUT2D eigenvalue weighted by Gasteiger charge is -2.17. The van der Waals surface area contributed by atoms with Crippen LogP contribution in [0.25, 0.3) is 0 Å². The van der Waals surface area contributed by atoms with E-state index in [1.165, 1.54) is 4.88 Å². The van der Waals surface area contributed by atoms with Gasteiger partial charge in [-0.25, -0.2) is 5.84 Å². The van der Waals surface area contributed by atoms with E-state index in [0.29, 0.717) is 17.9 Å². The van der Waals surface area contributed by atoms with E-state index in [4.69, 9.17) is 10.6 Å². The number of nitrogen functional groups attached to an aromatic ring is 1. The topological polar surface area (TPSA) is 67.6 Å². The van der Waals surface area contributed by atoms with Crippen LogP contribution in [0.4, 0.5) is 0 Å². The quantitative estimate of drug-likeness (QED) is 0.465. The first-order chi connectivity index (χ1) is 10.2. The second-order valence-corrected chi connectivity index (χ2v) is 5.67. The maximum atomic E-state index is 11.6. The lowest BCUT2D eigenvalue weighted by atomic mass is 10.2. The van der Waals surface area contributed by atoms with E-state index in [-0.39, 0.29) is 5.91 Å². The summed E-state index contributed by atoms with van der Waals surface area (Å²) in [6.45, 7) is 2.18. The molecule has 1 aromatic carbocycles. The number of nitrogens with one attached hydrogen (secondary N) is 1. The standard InChI is InChI=1S/C15H19N3O2S/c1-18(11-12-5-4-10-21-12)8-9-20-14-7-3-2-6-13(14)15(19)17-16/h2-7,10H,8-9,11,16H2,1H3,(H,17,19). The third-order valence-corrected chi connectivity index (χ3v) is 3.86. The van der Waals surface area contributed by atoms with Gasteiger partial charge < -0.3 is 4.74 Å². The smallest absolute Gasteiger partial charge is 0.268 e. The largest absolute Gasteiger partial charge is 0.491 e. The SMILES string of the molecule is CN(CCOc1ccccc1C(=O)NN)Cc1cccs1. The zero-order chi connectivity index (χ0) is 15.1. The third-order valence-electron chi connectivity index (χ3n) is 3.00. The van der Waals surface area contributed by atoms with E-state index in [0.717, 1.165) is 13.1 Å². The van der Waals surface area contributed by atoms with Crippen molar-refractivity contribution < 1.29 is 9.53 Å². The summed E-state index contributed by atoms with van der Waals surface area (Å²) in [5.41, 5.74) is 2.57. The van der Waals surface area contributed by atoms with Crippen LogP contribution in [-0.4, -0.2) is 31.0 Å². The summed E-state index contributed by atoms with van der Waals surface area (Å²) in [5, 5.41) is 2.07. The number of thiophene rings is 1. The molecule has 0 unspecified atom stereocenters. The van der Waals surface area contributed by atoms with Gasteiger partial charge in [0, 0.05) is 18.0 Å². The van der Waals surface area contributed by atoms with Crippen LogP contribution in [0, 0.1) is 0 Å². The number of ether oxygens (including phenoxy) is 1. The van der Waals surface area contributed by atoms with Crippen molar-refractivity contribution in [2.24, 2.45) is 5.84 Å². The number of hydrogen-bond donors (Lipinski definition) is 2. The summed E-state index contributed by atoms with van der Waals surface area (Å²) in [7, 11) is 2.04. The van der Waals surface area contributed by atoms with Gasteiger partial charge >= 0.3 is 0 Å². The fourth-order valence-electron chi connectivity index (χ4n) is 1.92. The Morgan fingerprint density at radius 3 is 2.86 bits per heavy atom. The molecule has 0 aliphatic carbocycles. The van der Waals surface area contributed by atoms with Crippen molar-refractivity contribution in [1.82, 2.24) is 10.3 Å². The zero-order valence-electron chi connectivity index (χ0n) is 11.9. The Kier molecular flexibility index (Phi) is 5.74. The van der Waals surface area contributed by atoms with Crippen molar-refractivity contribution in [3.05, 3.63) is 52.2 Å². The monoisotopic (exact) mass is 305 g/mol. The number of hydrazine groups is 1. The Bertz CT molecular complexity index is 572. The molecule has 1 amide bonds. The lowest BCUT2D eigenvalue weighted by Crippen LogP contribution is -2.30. The molecule has 0 saturated carbocycles. The first-order valence-electron chi connectivity index (χ1n) is 6.64. The molecule has 0 fully saturated rings. The number of carbonyl (C=O) groups is 1. The van der Waals surface area contributed by atoms with Crippen molar-refractivity contribution >= 4 is 17.2 Å². The summed E-state index contributed by atoms with van der Waals surface area (Å²) < 4.78 is 5.70. The molecule has 0 saturated heterocycles. The van der Waals surface area contributed by atoms with Gasteiger partial charge in [0.15, 0.2) is 0 Å². The van der Waals surface area contributed by atoms with Gasteiger partial charge in [-0.15, -0.1) is 11.3 Å². The molecular weight excluding hydrogens is 286 g/mol. The number of amides is 1. The number of nitrogens with zero attached hydrogens (tertiary/aromatic N) is 1.